The molecule has 0 bridgehead atoms. The normalized spacial score (nSPS) is 12.6. The summed E-state index contributed by atoms with van der Waals surface area (Å²) in [6.07, 6.45) is 0. The lowest BCUT2D eigenvalue weighted by Gasteiger charge is -2.19. The molecule has 1 amide bonds. The number of sulfonamides is 1. The van der Waals surface area contributed by atoms with E-state index in [0.29, 0.717) is 13.1 Å². The highest BCUT2D eigenvalue weighted by Crippen LogP contribution is 2.20. The third kappa shape index (κ3) is 5.58. The van der Waals surface area contributed by atoms with Gasteiger partial charge < -0.3 is 10.6 Å². The van der Waals surface area contributed by atoms with Crippen LogP contribution in [0.3, 0.4) is 0 Å². The Morgan fingerprint density at radius 2 is 1.55 bits per heavy atom. The van der Waals surface area contributed by atoms with Crippen molar-refractivity contribution < 1.29 is 13.2 Å². The Labute approximate surface area is 174 Å². The minimum absolute atomic E-state index is 0.125. The molecule has 29 heavy (non-hydrogen) atoms. The van der Waals surface area contributed by atoms with E-state index in [0.717, 1.165) is 22.4 Å². The highest BCUT2D eigenvalue weighted by molar-refractivity contribution is 7.89. The lowest BCUT2D eigenvalue weighted by Crippen LogP contribution is -2.32. The van der Waals surface area contributed by atoms with Crippen LogP contribution in [0.2, 0.25) is 0 Å². The Hall–Kier alpha value is -2.38. The summed E-state index contributed by atoms with van der Waals surface area (Å²) in [6, 6.07) is 12.5. The summed E-state index contributed by atoms with van der Waals surface area (Å²) in [5.74, 6) is -0.125. The molecule has 158 valence electrons. The van der Waals surface area contributed by atoms with Gasteiger partial charge in [-0.2, -0.15) is 4.31 Å². The summed E-state index contributed by atoms with van der Waals surface area (Å²) >= 11 is 0. The number of hydrogen-bond acceptors (Lipinski definition) is 4. The van der Waals surface area contributed by atoms with E-state index < -0.39 is 10.0 Å². The zero-order valence-corrected chi connectivity index (χ0v) is 18.6. The maximum atomic E-state index is 12.6. The summed E-state index contributed by atoms with van der Waals surface area (Å²) in [5.41, 5.74) is 4.01. The highest BCUT2D eigenvalue weighted by Gasteiger charge is 2.21. The first-order chi connectivity index (χ1) is 13.7. The number of nitrogens with one attached hydrogen (secondary N) is 2. The number of nitrogens with zero attached hydrogens (tertiary/aromatic N) is 1. The average Bonchev–Trinajstić information content (AvgIpc) is 2.68. The van der Waals surface area contributed by atoms with Gasteiger partial charge in [0.05, 0.1) is 17.5 Å². The maximum Gasteiger partial charge on any atom is 0.243 e. The van der Waals surface area contributed by atoms with Crippen molar-refractivity contribution in [3.63, 3.8) is 0 Å². The van der Waals surface area contributed by atoms with E-state index in [1.165, 1.54) is 4.31 Å². The largest absolute Gasteiger partial charge is 0.376 e. The second-order valence-corrected chi connectivity index (χ2v) is 9.01. The maximum absolute atomic E-state index is 12.6. The van der Waals surface area contributed by atoms with E-state index in [9.17, 15) is 13.2 Å². The van der Waals surface area contributed by atoms with Crippen molar-refractivity contribution in [2.24, 2.45) is 0 Å². The van der Waals surface area contributed by atoms with Crippen LogP contribution in [0.25, 0.3) is 0 Å². The molecule has 2 aromatic rings. The number of carbonyl (C=O) groups is 1. The Bertz CT molecular complexity index is 916. The van der Waals surface area contributed by atoms with Crippen LogP contribution in [-0.4, -0.2) is 38.3 Å². The molecule has 2 N–H and O–H groups in total. The molecule has 0 spiro atoms. The summed E-state index contributed by atoms with van der Waals surface area (Å²) in [5, 5.41) is 6.14. The lowest BCUT2D eigenvalue weighted by atomic mass is 10.1. The van der Waals surface area contributed by atoms with Crippen LogP contribution in [0.4, 0.5) is 5.69 Å². The number of rotatable bonds is 9. The van der Waals surface area contributed by atoms with E-state index >= 15 is 0 Å². The monoisotopic (exact) mass is 417 g/mol. The second kappa shape index (κ2) is 9.89. The van der Waals surface area contributed by atoms with Gasteiger partial charge in [0.25, 0.3) is 0 Å². The molecule has 0 radical (unpaired) electrons. The fourth-order valence-corrected chi connectivity index (χ4v) is 4.74. The minimum atomic E-state index is -3.48. The summed E-state index contributed by atoms with van der Waals surface area (Å²) in [6.45, 7) is 10.6. The number of carbonyl (C=O) groups excluding carboxylic acids is 1. The Morgan fingerprint density at radius 1 is 1.00 bits per heavy atom. The average molecular weight is 418 g/mol. The molecule has 0 aromatic heterocycles. The lowest BCUT2D eigenvalue weighted by molar-refractivity contribution is -0.120. The molecule has 1 unspecified atom stereocenters. The summed E-state index contributed by atoms with van der Waals surface area (Å²) < 4.78 is 26.6. The molecule has 2 aromatic carbocycles. The third-order valence-corrected chi connectivity index (χ3v) is 7.07. The second-order valence-electron chi connectivity index (χ2n) is 7.07. The minimum Gasteiger partial charge on any atom is -0.376 e. The SMILES string of the molecule is CCN(CC)S(=O)(=O)c1ccc(C(C)NC(=O)CNc2c(C)cccc2C)cc1. The summed E-state index contributed by atoms with van der Waals surface area (Å²) in [4.78, 5) is 12.6. The van der Waals surface area contributed by atoms with Crippen molar-refractivity contribution in [3.8, 4) is 0 Å². The number of anilines is 1. The smallest absolute Gasteiger partial charge is 0.243 e. The van der Waals surface area contributed by atoms with Gasteiger partial charge in [0.2, 0.25) is 15.9 Å². The van der Waals surface area contributed by atoms with E-state index in [1.807, 2.05) is 52.8 Å². The number of benzene rings is 2. The molecule has 7 heteroatoms. The van der Waals surface area contributed by atoms with Crippen molar-refractivity contribution >= 4 is 21.6 Å². The molecule has 0 aliphatic heterocycles. The van der Waals surface area contributed by atoms with Crippen molar-refractivity contribution in [2.45, 2.75) is 45.6 Å². The first-order valence-corrected chi connectivity index (χ1v) is 11.3. The van der Waals surface area contributed by atoms with Crippen molar-refractivity contribution in [3.05, 3.63) is 59.2 Å². The molecule has 0 heterocycles. The van der Waals surface area contributed by atoms with Gasteiger partial charge in [0.1, 0.15) is 0 Å². The van der Waals surface area contributed by atoms with E-state index in [-0.39, 0.29) is 23.4 Å². The molecular weight excluding hydrogens is 386 g/mol. The highest BCUT2D eigenvalue weighted by atomic mass is 32.2. The number of aryl methyl sites for hydroxylation is 2. The molecule has 1 atom stereocenters. The molecule has 2 rings (SSSR count). The van der Waals surface area contributed by atoms with Crippen LogP contribution >= 0.6 is 0 Å². The van der Waals surface area contributed by atoms with Crippen LogP contribution in [0.5, 0.6) is 0 Å². The Kier molecular flexibility index (Phi) is 7.81. The van der Waals surface area contributed by atoms with Crippen LogP contribution < -0.4 is 10.6 Å². The molecule has 6 nitrogen and oxygen atoms in total. The number of amides is 1. The van der Waals surface area contributed by atoms with Crippen LogP contribution in [0.1, 0.15) is 43.5 Å². The van der Waals surface area contributed by atoms with Crippen molar-refractivity contribution in [2.75, 3.05) is 25.0 Å². The molecule has 0 fully saturated rings. The van der Waals surface area contributed by atoms with Gasteiger partial charge >= 0.3 is 0 Å². The molecular formula is C22H31N3O3S. The number of hydrogen-bond donors (Lipinski definition) is 2. The fraction of sp³-hybridized carbons (Fsp3) is 0.409. The quantitative estimate of drug-likeness (QED) is 0.653. The third-order valence-electron chi connectivity index (χ3n) is 5.01. The van der Waals surface area contributed by atoms with Crippen LogP contribution in [0, 0.1) is 13.8 Å². The van der Waals surface area contributed by atoms with Crippen molar-refractivity contribution in [1.29, 1.82) is 0 Å². The fourth-order valence-electron chi connectivity index (χ4n) is 3.28. The van der Waals surface area contributed by atoms with E-state index in [1.54, 1.807) is 24.3 Å². The molecule has 0 saturated heterocycles. The zero-order chi connectivity index (χ0) is 21.6. The summed E-state index contributed by atoms with van der Waals surface area (Å²) in [7, 11) is -3.48. The van der Waals surface area contributed by atoms with Crippen molar-refractivity contribution in [1.82, 2.24) is 9.62 Å². The Morgan fingerprint density at radius 3 is 2.07 bits per heavy atom. The van der Waals surface area contributed by atoms with Gasteiger partial charge in [0.15, 0.2) is 0 Å². The molecule has 0 aliphatic rings. The number of para-hydroxylation sites is 1. The van der Waals surface area contributed by atoms with Gasteiger partial charge in [0, 0.05) is 18.8 Å². The van der Waals surface area contributed by atoms with Gasteiger partial charge in [-0.25, -0.2) is 8.42 Å². The first kappa shape index (κ1) is 22.9. The standard InChI is InChI=1S/C22H31N3O3S/c1-6-25(7-2)29(27,28)20-13-11-19(12-14-20)18(5)24-21(26)15-23-22-16(3)9-8-10-17(22)4/h8-14,18,23H,6-7,15H2,1-5H3,(H,24,26). The Balaban J connectivity index is 2.00. The van der Waals surface area contributed by atoms with Gasteiger partial charge in [-0.1, -0.05) is 44.2 Å². The van der Waals surface area contributed by atoms with Crippen LogP contribution in [-0.2, 0) is 14.8 Å². The van der Waals surface area contributed by atoms with Gasteiger partial charge in [-0.05, 0) is 49.6 Å². The van der Waals surface area contributed by atoms with Crippen LogP contribution in [0.15, 0.2) is 47.4 Å². The van der Waals surface area contributed by atoms with Gasteiger partial charge in [-0.15, -0.1) is 0 Å². The molecule has 0 saturated carbocycles. The van der Waals surface area contributed by atoms with Gasteiger partial charge in [-0.3, -0.25) is 4.79 Å². The predicted octanol–water partition coefficient (Wildman–Crippen LogP) is 3.62. The predicted molar refractivity (Wildman–Crippen MR) is 118 cm³/mol. The van der Waals surface area contributed by atoms with E-state index in [2.05, 4.69) is 10.6 Å². The van der Waals surface area contributed by atoms with E-state index in [4.69, 9.17) is 0 Å². The first-order valence-electron chi connectivity index (χ1n) is 9.90. The zero-order valence-electron chi connectivity index (χ0n) is 17.8. The molecule has 0 aliphatic carbocycles. The topological polar surface area (TPSA) is 78.5 Å².